The van der Waals surface area contributed by atoms with Gasteiger partial charge in [0.25, 0.3) is 0 Å². The third kappa shape index (κ3) is 6.04. The number of nitrogens with zero attached hydrogens (tertiary/aromatic N) is 3. The molecule has 0 spiro atoms. The Bertz CT molecular complexity index is 3460. The molecule has 0 saturated carbocycles. The molecule has 0 atom stereocenters. The first-order valence-corrected chi connectivity index (χ1v) is 22.2. The second-order valence-corrected chi connectivity index (χ2v) is 17.4. The van der Waals surface area contributed by atoms with E-state index < -0.39 is 0 Å². The maximum Gasteiger partial charge on any atom is 0.0568 e. The first-order valence-electron chi connectivity index (χ1n) is 22.2. The lowest BCUT2D eigenvalue weighted by Gasteiger charge is -2.28. The van der Waals surface area contributed by atoms with Crippen LogP contribution in [0.5, 0.6) is 0 Å². The van der Waals surface area contributed by atoms with Gasteiger partial charge in [0.15, 0.2) is 0 Å². The summed E-state index contributed by atoms with van der Waals surface area (Å²) in [5.74, 6) is 0. The molecule has 12 rings (SSSR count). The SMILES string of the molecule is CC1(C)c2ccccc2-c2ccc(N(c3ccccc3)c3ccc(-c4cc(N(c5ccccc5)c5ccccc5)cc5c4c4c6ccccc6ccc4n5-c4ccccc4)cc3)cc21. The second kappa shape index (κ2) is 15.0. The van der Waals surface area contributed by atoms with Gasteiger partial charge in [-0.1, -0.05) is 159 Å². The van der Waals surface area contributed by atoms with Crippen molar-refractivity contribution in [2.24, 2.45) is 0 Å². The summed E-state index contributed by atoms with van der Waals surface area (Å²) in [6.45, 7) is 4.71. The molecular weight excluding hydrogens is 775 g/mol. The zero-order chi connectivity index (χ0) is 42.8. The molecule has 1 aliphatic rings. The van der Waals surface area contributed by atoms with Crippen molar-refractivity contribution in [1.82, 2.24) is 4.57 Å². The Morgan fingerprint density at radius 3 is 1.55 bits per heavy atom. The van der Waals surface area contributed by atoms with Crippen molar-refractivity contribution in [3.05, 3.63) is 248 Å². The Balaban J connectivity index is 1.10. The van der Waals surface area contributed by atoms with Crippen LogP contribution in [0.3, 0.4) is 0 Å². The zero-order valence-electron chi connectivity index (χ0n) is 35.9. The van der Waals surface area contributed by atoms with Gasteiger partial charge in [-0.05, 0) is 135 Å². The molecule has 10 aromatic carbocycles. The molecule has 0 unspecified atom stereocenters. The molecule has 0 bridgehead atoms. The van der Waals surface area contributed by atoms with Crippen LogP contribution in [0, 0.1) is 0 Å². The van der Waals surface area contributed by atoms with Gasteiger partial charge >= 0.3 is 0 Å². The van der Waals surface area contributed by atoms with Gasteiger partial charge in [-0.2, -0.15) is 0 Å². The van der Waals surface area contributed by atoms with Gasteiger partial charge in [0.05, 0.1) is 11.0 Å². The number of hydrogen-bond acceptors (Lipinski definition) is 2. The average Bonchev–Trinajstić information content (AvgIpc) is 3.81. The maximum atomic E-state index is 2.46. The highest BCUT2D eigenvalue weighted by Gasteiger charge is 2.36. The summed E-state index contributed by atoms with van der Waals surface area (Å²) < 4.78 is 2.46. The lowest BCUT2D eigenvalue weighted by Crippen LogP contribution is -2.16. The zero-order valence-corrected chi connectivity index (χ0v) is 35.9. The minimum Gasteiger partial charge on any atom is -0.310 e. The average molecular weight is 820 g/mol. The van der Waals surface area contributed by atoms with Crippen molar-refractivity contribution in [2.45, 2.75) is 19.3 Å². The molecule has 1 heterocycles. The van der Waals surface area contributed by atoms with Crippen molar-refractivity contribution in [1.29, 1.82) is 0 Å². The Hall–Kier alpha value is -8.14. The van der Waals surface area contributed by atoms with E-state index in [1.165, 1.54) is 54.9 Å². The van der Waals surface area contributed by atoms with Gasteiger partial charge in [-0.15, -0.1) is 0 Å². The van der Waals surface area contributed by atoms with E-state index in [1.54, 1.807) is 0 Å². The van der Waals surface area contributed by atoms with Crippen LogP contribution in [0.1, 0.15) is 25.0 Å². The molecular formula is C61H45N3. The fourth-order valence-corrected chi connectivity index (χ4v) is 10.3. The molecule has 1 aromatic heterocycles. The highest BCUT2D eigenvalue weighted by Crippen LogP contribution is 2.51. The summed E-state index contributed by atoms with van der Waals surface area (Å²) in [7, 11) is 0. The first kappa shape index (κ1) is 37.6. The molecule has 0 fully saturated rings. The highest BCUT2D eigenvalue weighted by molar-refractivity contribution is 6.25. The van der Waals surface area contributed by atoms with Crippen molar-refractivity contribution >= 4 is 66.7 Å². The molecule has 0 N–H and O–H groups in total. The van der Waals surface area contributed by atoms with Gasteiger partial charge in [0, 0.05) is 56.0 Å². The number of benzene rings is 10. The highest BCUT2D eigenvalue weighted by atomic mass is 15.1. The van der Waals surface area contributed by atoms with Crippen LogP contribution >= 0.6 is 0 Å². The number of anilines is 6. The summed E-state index contributed by atoms with van der Waals surface area (Å²) in [4.78, 5) is 4.78. The molecule has 3 heteroatoms. The Morgan fingerprint density at radius 1 is 0.344 bits per heavy atom. The number of hydrogen-bond donors (Lipinski definition) is 0. The van der Waals surface area contributed by atoms with E-state index in [2.05, 4.69) is 265 Å². The van der Waals surface area contributed by atoms with Crippen LogP contribution in [0.15, 0.2) is 237 Å². The molecule has 0 amide bonds. The van der Waals surface area contributed by atoms with Crippen molar-refractivity contribution < 1.29 is 0 Å². The molecule has 0 aliphatic heterocycles. The van der Waals surface area contributed by atoms with Crippen molar-refractivity contribution in [3.63, 3.8) is 0 Å². The Labute approximate surface area is 374 Å². The van der Waals surface area contributed by atoms with Crippen LogP contribution in [-0.2, 0) is 5.41 Å². The van der Waals surface area contributed by atoms with Crippen LogP contribution in [-0.4, -0.2) is 4.57 Å². The monoisotopic (exact) mass is 819 g/mol. The van der Waals surface area contributed by atoms with Crippen LogP contribution in [0.2, 0.25) is 0 Å². The van der Waals surface area contributed by atoms with E-state index in [9.17, 15) is 0 Å². The van der Waals surface area contributed by atoms with Crippen molar-refractivity contribution in [2.75, 3.05) is 9.80 Å². The van der Waals surface area contributed by atoms with E-state index >= 15 is 0 Å². The topological polar surface area (TPSA) is 11.4 Å². The van der Waals surface area contributed by atoms with Gasteiger partial charge in [0.1, 0.15) is 0 Å². The summed E-state index contributed by atoms with van der Waals surface area (Å²) in [6, 6.07) is 86.3. The standard InChI is InChI=1S/C61H45N3/c1-61(2)55-30-18-17-29-52(55)53-37-36-49(40-56(53)61)62(44-20-7-3-8-21-44)48-34-31-43(32-35-48)54-39-50(63(45-22-9-4-10-23-45)46-24-11-5-12-25-46)41-58-60(54)59-51-28-16-15-19-42(51)33-38-57(59)64(58)47-26-13-6-14-27-47/h3-41H,1-2H3. The summed E-state index contributed by atoms with van der Waals surface area (Å²) in [5.41, 5.74) is 17.7. The van der Waals surface area contributed by atoms with Gasteiger partial charge in [0.2, 0.25) is 0 Å². The van der Waals surface area contributed by atoms with E-state index in [4.69, 9.17) is 0 Å². The summed E-state index contributed by atoms with van der Waals surface area (Å²) in [5, 5.41) is 4.95. The fraction of sp³-hybridized carbons (Fsp3) is 0.0492. The smallest absolute Gasteiger partial charge is 0.0568 e. The Morgan fingerprint density at radius 2 is 0.875 bits per heavy atom. The van der Waals surface area contributed by atoms with Gasteiger partial charge in [-0.25, -0.2) is 0 Å². The molecule has 1 aliphatic carbocycles. The number of aromatic nitrogens is 1. The lowest BCUT2D eigenvalue weighted by molar-refractivity contribution is 0.660. The minimum absolute atomic E-state index is 0.110. The fourth-order valence-electron chi connectivity index (χ4n) is 10.3. The number of rotatable bonds is 8. The minimum atomic E-state index is -0.110. The van der Waals surface area contributed by atoms with E-state index in [1.807, 2.05) is 0 Å². The summed E-state index contributed by atoms with van der Waals surface area (Å²) in [6.07, 6.45) is 0. The quantitative estimate of drug-likeness (QED) is 0.151. The number of para-hydroxylation sites is 4. The third-order valence-corrected chi connectivity index (χ3v) is 13.3. The Kier molecular flexibility index (Phi) is 8.84. The second-order valence-electron chi connectivity index (χ2n) is 17.4. The molecule has 3 nitrogen and oxygen atoms in total. The largest absolute Gasteiger partial charge is 0.310 e. The maximum absolute atomic E-state index is 2.46. The van der Waals surface area contributed by atoms with E-state index in [-0.39, 0.29) is 5.41 Å². The molecule has 304 valence electrons. The van der Waals surface area contributed by atoms with Gasteiger partial charge < -0.3 is 14.4 Å². The van der Waals surface area contributed by atoms with Crippen LogP contribution < -0.4 is 9.80 Å². The van der Waals surface area contributed by atoms with Gasteiger partial charge in [-0.3, -0.25) is 0 Å². The van der Waals surface area contributed by atoms with E-state index in [0.717, 1.165) is 50.9 Å². The molecule has 11 aromatic rings. The molecule has 0 radical (unpaired) electrons. The van der Waals surface area contributed by atoms with Crippen LogP contribution in [0.25, 0.3) is 60.5 Å². The first-order chi connectivity index (χ1) is 31.5. The van der Waals surface area contributed by atoms with Crippen LogP contribution in [0.4, 0.5) is 34.1 Å². The summed E-state index contributed by atoms with van der Waals surface area (Å²) >= 11 is 0. The third-order valence-electron chi connectivity index (χ3n) is 13.3. The predicted molar refractivity (Wildman–Crippen MR) is 271 cm³/mol. The lowest BCUT2D eigenvalue weighted by atomic mass is 9.82. The van der Waals surface area contributed by atoms with Crippen molar-refractivity contribution in [3.8, 4) is 27.9 Å². The molecule has 0 saturated heterocycles. The normalized spacial score (nSPS) is 12.7. The number of fused-ring (bicyclic) bond motifs is 8. The van der Waals surface area contributed by atoms with E-state index in [0.29, 0.717) is 0 Å². The molecule has 64 heavy (non-hydrogen) atoms. The predicted octanol–water partition coefficient (Wildman–Crippen LogP) is 16.8.